The number of nitrogens with one attached hydrogen (secondary N) is 1. The minimum atomic E-state index is -0.157. The smallest absolute Gasteiger partial charge is 0.317 e. The minimum absolute atomic E-state index is 0.0809. The van der Waals surface area contributed by atoms with Crippen LogP contribution in [0.25, 0.3) is 0 Å². The number of carbonyl (C=O) groups is 2. The second-order valence-electron chi connectivity index (χ2n) is 7.06. The number of nitrogens with zero attached hydrogens (tertiary/aromatic N) is 3. The van der Waals surface area contributed by atoms with E-state index in [1.54, 1.807) is 16.9 Å². The molecular weight excluding hydrogens is 344 g/mol. The Morgan fingerprint density at radius 3 is 2.96 bits per heavy atom. The lowest BCUT2D eigenvalue weighted by atomic mass is 10.1. The van der Waals surface area contributed by atoms with Crippen molar-refractivity contribution in [3.8, 4) is 5.75 Å². The van der Waals surface area contributed by atoms with E-state index in [9.17, 15) is 9.59 Å². The summed E-state index contributed by atoms with van der Waals surface area (Å²) in [6.45, 7) is 8.43. The van der Waals surface area contributed by atoms with Gasteiger partial charge >= 0.3 is 6.03 Å². The summed E-state index contributed by atoms with van der Waals surface area (Å²) in [5, 5.41) is 2.99. The minimum Gasteiger partial charge on any atom is -0.497 e. The number of hydrogen-bond donors (Lipinski definition) is 1. The topological polar surface area (TPSA) is 65.1 Å². The Morgan fingerprint density at radius 1 is 1.37 bits per heavy atom. The van der Waals surface area contributed by atoms with Crippen LogP contribution in [-0.2, 0) is 4.79 Å². The molecule has 2 saturated heterocycles. The molecule has 146 valence electrons. The number of methoxy groups -OCH3 is 1. The zero-order valence-corrected chi connectivity index (χ0v) is 15.9. The normalized spacial score (nSPS) is 20.6. The molecule has 7 nitrogen and oxygen atoms in total. The molecule has 0 aromatic heterocycles. The van der Waals surface area contributed by atoms with E-state index >= 15 is 0 Å². The fourth-order valence-electron chi connectivity index (χ4n) is 3.67. The molecule has 2 aliphatic rings. The van der Waals surface area contributed by atoms with E-state index in [1.165, 1.54) is 0 Å². The van der Waals surface area contributed by atoms with Crippen LogP contribution >= 0.6 is 0 Å². The van der Waals surface area contributed by atoms with Gasteiger partial charge in [-0.05, 0) is 31.0 Å². The zero-order chi connectivity index (χ0) is 19.2. The van der Waals surface area contributed by atoms with E-state index in [1.807, 2.05) is 30.3 Å². The predicted molar refractivity (Wildman–Crippen MR) is 105 cm³/mol. The number of benzene rings is 1. The first kappa shape index (κ1) is 19.2. The summed E-state index contributed by atoms with van der Waals surface area (Å²) in [6.07, 6.45) is 2.99. The van der Waals surface area contributed by atoms with E-state index in [0.29, 0.717) is 31.3 Å². The van der Waals surface area contributed by atoms with Crippen LogP contribution in [0.5, 0.6) is 5.75 Å². The summed E-state index contributed by atoms with van der Waals surface area (Å²) in [5.74, 6) is 1.09. The molecule has 0 spiro atoms. The van der Waals surface area contributed by atoms with Gasteiger partial charge in [-0.15, -0.1) is 6.58 Å². The van der Waals surface area contributed by atoms with Crippen LogP contribution in [0, 0.1) is 5.92 Å². The number of hydrogen-bond acceptors (Lipinski definition) is 4. The molecule has 0 saturated carbocycles. The molecule has 27 heavy (non-hydrogen) atoms. The summed E-state index contributed by atoms with van der Waals surface area (Å²) in [5.41, 5.74) is 0.799. The number of anilines is 1. The molecule has 3 amide bonds. The van der Waals surface area contributed by atoms with Crippen molar-refractivity contribution in [2.24, 2.45) is 5.92 Å². The number of rotatable bonds is 6. The van der Waals surface area contributed by atoms with Gasteiger partial charge in [-0.2, -0.15) is 0 Å². The van der Waals surface area contributed by atoms with Crippen molar-refractivity contribution in [2.45, 2.75) is 6.42 Å². The Kier molecular flexibility index (Phi) is 6.34. The number of piperazine rings is 1. The van der Waals surface area contributed by atoms with Crippen molar-refractivity contribution in [3.63, 3.8) is 0 Å². The average Bonchev–Trinajstić information content (AvgIpc) is 3.14. The van der Waals surface area contributed by atoms with Crippen LogP contribution in [0.2, 0.25) is 0 Å². The summed E-state index contributed by atoms with van der Waals surface area (Å²) < 4.78 is 5.22. The third-order valence-corrected chi connectivity index (χ3v) is 5.17. The number of carbonyl (C=O) groups excluding carboxylic acids is 2. The lowest BCUT2D eigenvalue weighted by Crippen LogP contribution is -2.55. The number of amides is 3. The molecule has 0 bridgehead atoms. The molecule has 7 heteroatoms. The number of likely N-dealkylation sites (tertiary alicyclic amines) is 1. The fourth-order valence-corrected chi connectivity index (χ4v) is 3.67. The summed E-state index contributed by atoms with van der Waals surface area (Å²) >= 11 is 0. The largest absolute Gasteiger partial charge is 0.497 e. The van der Waals surface area contributed by atoms with Gasteiger partial charge in [0.25, 0.3) is 0 Å². The van der Waals surface area contributed by atoms with Gasteiger partial charge in [-0.25, -0.2) is 4.79 Å². The molecule has 1 aromatic rings. The van der Waals surface area contributed by atoms with Crippen LogP contribution in [-0.4, -0.2) is 74.7 Å². The molecule has 0 aliphatic carbocycles. The Bertz CT molecular complexity index is 694. The Balaban J connectivity index is 1.48. The van der Waals surface area contributed by atoms with E-state index in [-0.39, 0.29) is 18.5 Å². The molecule has 2 fully saturated rings. The van der Waals surface area contributed by atoms with Gasteiger partial charge in [0.05, 0.1) is 7.11 Å². The maximum Gasteiger partial charge on any atom is 0.317 e. The van der Waals surface area contributed by atoms with Crippen molar-refractivity contribution in [1.82, 2.24) is 15.1 Å². The zero-order valence-electron chi connectivity index (χ0n) is 15.9. The van der Waals surface area contributed by atoms with Gasteiger partial charge in [-0.1, -0.05) is 12.1 Å². The Labute approximate surface area is 160 Å². The van der Waals surface area contributed by atoms with Gasteiger partial charge < -0.3 is 19.9 Å². The molecule has 1 aromatic carbocycles. The molecule has 0 radical (unpaired) electrons. The van der Waals surface area contributed by atoms with Gasteiger partial charge in [0.2, 0.25) is 5.91 Å². The summed E-state index contributed by atoms with van der Waals surface area (Å²) in [4.78, 5) is 30.6. The van der Waals surface area contributed by atoms with E-state index < -0.39 is 0 Å². The first-order chi connectivity index (χ1) is 13.1. The van der Waals surface area contributed by atoms with Crippen LogP contribution < -0.4 is 15.0 Å². The molecule has 1 atom stereocenters. The molecule has 2 aliphatic heterocycles. The van der Waals surface area contributed by atoms with Crippen molar-refractivity contribution >= 4 is 17.6 Å². The lowest BCUT2D eigenvalue weighted by Gasteiger charge is -2.34. The third kappa shape index (κ3) is 4.80. The highest BCUT2D eigenvalue weighted by atomic mass is 16.5. The molecule has 1 N–H and O–H groups in total. The van der Waals surface area contributed by atoms with Gasteiger partial charge in [0, 0.05) is 44.5 Å². The highest BCUT2D eigenvalue weighted by molar-refractivity contribution is 5.97. The second kappa shape index (κ2) is 8.90. The maximum atomic E-state index is 12.5. The Hall–Kier alpha value is -2.54. The second-order valence-corrected chi connectivity index (χ2v) is 7.06. The molecule has 3 rings (SSSR count). The highest BCUT2D eigenvalue weighted by Crippen LogP contribution is 2.22. The average molecular weight is 372 g/mol. The van der Waals surface area contributed by atoms with Crippen LogP contribution in [0.15, 0.2) is 36.9 Å². The summed E-state index contributed by atoms with van der Waals surface area (Å²) in [6, 6.07) is 7.26. The lowest BCUT2D eigenvalue weighted by molar-refractivity contribution is -0.120. The van der Waals surface area contributed by atoms with E-state index in [4.69, 9.17) is 4.74 Å². The van der Waals surface area contributed by atoms with Crippen LogP contribution in [0.1, 0.15) is 6.42 Å². The van der Waals surface area contributed by atoms with Crippen molar-refractivity contribution in [1.29, 1.82) is 0 Å². The van der Waals surface area contributed by atoms with Crippen LogP contribution in [0.3, 0.4) is 0 Å². The first-order valence-electron chi connectivity index (χ1n) is 9.41. The maximum absolute atomic E-state index is 12.5. The van der Waals surface area contributed by atoms with Crippen molar-refractivity contribution in [2.75, 3.05) is 57.8 Å². The van der Waals surface area contributed by atoms with Crippen molar-refractivity contribution in [3.05, 3.63) is 36.9 Å². The molecular formula is C20H28N4O3. The highest BCUT2D eigenvalue weighted by Gasteiger charge is 2.29. The third-order valence-electron chi connectivity index (χ3n) is 5.17. The Morgan fingerprint density at radius 2 is 2.22 bits per heavy atom. The van der Waals surface area contributed by atoms with Gasteiger partial charge in [-0.3, -0.25) is 9.69 Å². The predicted octanol–water partition coefficient (Wildman–Crippen LogP) is 1.56. The van der Waals surface area contributed by atoms with E-state index in [2.05, 4.69) is 16.8 Å². The van der Waals surface area contributed by atoms with Crippen molar-refractivity contribution < 1.29 is 14.3 Å². The fraction of sp³-hybridized carbons (Fsp3) is 0.500. The number of ether oxygens (including phenoxy) is 1. The van der Waals surface area contributed by atoms with Crippen LogP contribution in [0.4, 0.5) is 10.5 Å². The SMILES string of the molecule is C=CCN1CCC(CNC(=O)N2CCN(c3cccc(OC)c3)C(=O)C2)C1. The van der Waals surface area contributed by atoms with Gasteiger partial charge in [0.1, 0.15) is 12.3 Å². The first-order valence-corrected chi connectivity index (χ1v) is 9.41. The number of urea groups is 1. The van der Waals surface area contributed by atoms with Gasteiger partial charge in [0.15, 0.2) is 0 Å². The summed E-state index contributed by atoms with van der Waals surface area (Å²) in [7, 11) is 1.60. The molecule has 2 heterocycles. The quantitative estimate of drug-likeness (QED) is 0.770. The molecule has 1 unspecified atom stereocenters. The standard InChI is InChI=1S/C20H28N4O3/c1-3-8-22-9-7-16(14-22)13-21-20(26)23-10-11-24(19(25)15-23)17-5-4-6-18(12-17)27-2/h3-6,12,16H,1,7-11,13-15H2,2H3,(H,21,26). The van der Waals surface area contributed by atoms with E-state index in [0.717, 1.165) is 31.7 Å². The monoisotopic (exact) mass is 372 g/mol.